The second kappa shape index (κ2) is 10.5. The average molecular weight is 536 g/mol. The summed E-state index contributed by atoms with van der Waals surface area (Å²) < 4.78 is 19.1. The molecule has 1 heterocycles. The highest BCUT2D eigenvalue weighted by molar-refractivity contribution is 6.34. The van der Waals surface area contributed by atoms with Crippen molar-refractivity contribution in [2.45, 2.75) is 38.1 Å². The topological polar surface area (TPSA) is 88.1 Å². The van der Waals surface area contributed by atoms with Crippen molar-refractivity contribution in [1.82, 2.24) is 0 Å². The summed E-state index contributed by atoms with van der Waals surface area (Å²) in [4.78, 5) is 40.0. The van der Waals surface area contributed by atoms with E-state index in [1.54, 1.807) is 23.1 Å². The Morgan fingerprint density at radius 2 is 1.95 bits per heavy atom. The molecule has 3 aromatic rings. The van der Waals surface area contributed by atoms with Crippen molar-refractivity contribution in [3.8, 4) is 5.75 Å². The van der Waals surface area contributed by atoms with Crippen LogP contribution >= 0.6 is 11.6 Å². The van der Waals surface area contributed by atoms with Crippen LogP contribution < -0.4 is 15.0 Å². The molecule has 2 amide bonds. The van der Waals surface area contributed by atoms with Crippen LogP contribution in [0.4, 0.5) is 15.8 Å². The second-order valence-electron chi connectivity index (χ2n) is 9.88. The van der Waals surface area contributed by atoms with Crippen LogP contribution in [0.15, 0.2) is 65.8 Å². The number of hydrogen-bond acceptors (Lipinski definition) is 5. The van der Waals surface area contributed by atoms with Gasteiger partial charge in [-0.25, -0.2) is 4.39 Å². The van der Waals surface area contributed by atoms with E-state index in [1.165, 1.54) is 19.2 Å². The number of carbonyl (C=O) groups excluding carboxylic acids is 2. The maximum atomic E-state index is 13.8. The van der Waals surface area contributed by atoms with Crippen LogP contribution in [0, 0.1) is 16.1 Å². The summed E-state index contributed by atoms with van der Waals surface area (Å²) in [6.45, 7) is 0.459. The number of ether oxygens (including phenoxy) is 1. The van der Waals surface area contributed by atoms with Crippen LogP contribution in [0.3, 0.4) is 0 Å². The number of carbonyl (C=O) groups is 2. The maximum absolute atomic E-state index is 13.8. The molecule has 38 heavy (non-hydrogen) atoms. The third-order valence-corrected chi connectivity index (χ3v) is 8.09. The highest BCUT2D eigenvalue weighted by atomic mass is 35.5. The van der Waals surface area contributed by atoms with Crippen LogP contribution in [-0.2, 0) is 6.42 Å². The third-order valence-electron chi connectivity index (χ3n) is 7.76. The Morgan fingerprint density at radius 3 is 2.74 bits per heavy atom. The van der Waals surface area contributed by atoms with E-state index in [0.29, 0.717) is 30.6 Å². The normalized spacial score (nSPS) is 20.5. The number of benzene rings is 3. The summed E-state index contributed by atoms with van der Waals surface area (Å²) in [7, 11) is 1.44. The van der Waals surface area contributed by atoms with E-state index in [0.717, 1.165) is 36.6 Å². The van der Waals surface area contributed by atoms with E-state index in [-0.39, 0.29) is 33.7 Å². The molecule has 1 fully saturated rings. The van der Waals surface area contributed by atoms with Crippen LogP contribution in [0.2, 0.25) is 5.02 Å². The van der Waals surface area contributed by atoms with Gasteiger partial charge in [0.1, 0.15) is 11.6 Å². The monoisotopic (exact) mass is 535 g/mol. The zero-order valence-corrected chi connectivity index (χ0v) is 21.6. The lowest BCUT2D eigenvalue weighted by Gasteiger charge is -2.30. The lowest BCUT2D eigenvalue weighted by Crippen LogP contribution is -2.36. The van der Waals surface area contributed by atoms with Gasteiger partial charge in [0.15, 0.2) is 0 Å². The molecule has 1 aliphatic heterocycles. The Labute approximate surface area is 224 Å². The number of halogens is 2. The highest BCUT2D eigenvalue weighted by Gasteiger charge is 2.46. The molecule has 1 N–H and O–H groups in total. The van der Waals surface area contributed by atoms with Crippen LogP contribution in [-0.4, -0.2) is 31.5 Å². The van der Waals surface area contributed by atoms with Crippen molar-refractivity contribution >= 4 is 34.8 Å². The highest BCUT2D eigenvalue weighted by Crippen LogP contribution is 2.49. The fraction of sp³-hybridized carbons (Fsp3) is 0.310. The van der Waals surface area contributed by atoms with Crippen molar-refractivity contribution in [1.29, 1.82) is 0 Å². The molecule has 0 bridgehead atoms. The van der Waals surface area contributed by atoms with E-state index < -0.39 is 11.7 Å². The molecule has 196 valence electrons. The van der Waals surface area contributed by atoms with Gasteiger partial charge in [-0.15, -0.1) is 0 Å². The smallest absolute Gasteiger partial charge is 0.258 e. The minimum atomic E-state index is -0.603. The Kier molecular flexibility index (Phi) is 7.17. The van der Waals surface area contributed by atoms with Gasteiger partial charge in [-0.05, 0) is 73.7 Å². The zero-order valence-electron chi connectivity index (χ0n) is 20.9. The molecule has 1 saturated carbocycles. The van der Waals surface area contributed by atoms with Gasteiger partial charge in [0.2, 0.25) is 0 Å². The quantitative estimate of drug-likeness (QED) is 0.371. The van der Waals surface area contributed by atoms with Crippen molar-refractivity contribution in [3.63, 3.8) is 0 Å². The molecule has 2 aliphatic rings. The fourth-order valence-electron chi connectivity index (χ4n) is 5.78. The number of nitrogens with one attached hydrogen (secondary N) is 1. The minimum Gasteiger partial charge on any atom is -0.495 e. The largest absolute Gasteiger partial charge is 0.495 e. The summed E-state index contributed by atoms with van der Waals surface area (Å²) in [5, 5.41) is 6.26. The number of hydrogen-bond donors (Lipinski definition) is 1. The van der Waals surface area contributed by atoms with Crippen molar-refractivity contribution in [2.75, 3.05) is 23.9 Å². The first kappa shape index (κ1) is 25.9. The third kappa shape index (κ3) is 4.76. The number of anilines is 2. The fourth-order valence-corrected chi connectivity index (χ4v) is 5.99. The van der Waals surface area contributed by atoms with Crippen LogP contribution in [0.5, 0.6) is 5.75 Å². The molecule has 3 aromatic carbocycles. The predicted molar refractivity (Wildman–Crippen MR) is 145 cm³/mol. The molecule has 2 unspecified atom stereocenters. The van der Waals surface area contributed by atoms with Gasteiger partial charge in [0.25, 0.3) is 11.8 Å². The maximum Gasteiger partial charge on any atom is 0.258 e. The molecule has 2 atom stereocenters. The lowest BCUT2D eigenvalue weighted by atomic mass is 9.75. The summed E-state index contributed by atoms with van der Waals surface area (Å²) in [6.07, 6.45) is 4.05. The van der Waals surface area contributed by atoms with Crippen LogP contribution in [0.1, 0.15) is 52.0 Å². The predicted octanol–water partition coefficient (Wildman–Crippen LogP) is 6.64. The molecule has 1 aliphatic carbocycles. The van der Waals surface area contributed by atoms with Gasteiger partial charge in [-0.2, -0.15) is 4.91 Å². The standard InChI is InChI=1S/C29H27ClFN3O4/c1-38-25-15-18(8-11-23(25)32-27(35)21-16-20(31)9-10-22(21)30)28(36)34-14-13-29(12-4-7-26(29)33-37)17-19-5-2-3-6-24(19)34/h2-3,5-6,8-11,15-16,26H,4,7,12-14,17H2,1H3,(H,32,35). The SMILES string of the molecule is COc1cc(C(=O)N2CCC3(CCCC3N=O)Cc3ccccc32)ccc1NC(=O)c1cc(F)ccc1Cl. The summed E-state index contributed by atoms with van der Waals surface area (Å²) >= 11 is 6.07. The molecule has 9 heteroatoms. The molecule has 0 aromatic heterocycles. The molecule has 0 radical (unpaired) electrons. The van der Waals surface area contributed by atoms with Gasteiger partial charge in [-0.3, -0.25) is 9.59 Å². The Balaban J connectivity index is 1.43. The first-order valence-corrected chi connectivity index (χ1v) is 12.9. The van der Waals surface area contributed by atoms with Gasteiger partial charge >= 0.3 is 0 Å². The van der Waals surface area contributed by atoms with E-state index in [1.807, 2.05) is 24.3 Å². The molecule has 7 nitrogen and oxygen atoms in total. The van der Waals surface area contributed by atoms with E-state index in [9.17, 15) is 18.9 Å². The average Bonchev–Trinajstić information content (AvgIpc) is 3.24. The molecule has 1 spiro atoms. The number of amides is 2. The number of para-hydroxylation sites is 1. The van der Waals surface area contributed by atoms with Gasteiger partial charge < -0.3 is 15.0 Å². The van der Waals surface area contributed by atoms with Crippen molar-refractivity contribution < 1.29 is 18.7 Å². The molecular formula is C29H27ClFN3O4. The lowest BCUT2D eigenvalue weighted by molar-refractivity contribution is 0.0982. The second-order valence-corrected chi connectivity index (χ2v) is 10.3. The molecule has 0 saturated heterocycles. The van der Waals surface area contributed by atoms with E-state index in [2.05, 4.69) is 10.5 Å². The molecule has 5 rings (SSSR count). The number of rotatable bonds is 5. The minimum absolute atomic E-state index is 0.0148. The summed E-state index contributed by atoms with van der Waals surface area (Å²) in [6, 6.07) is 15.8. The van der Waals surface area contributed by atoms with Gasteiger partial charge in [-0.1, -0.05) is 41.4 Å². The first-order valence-electron chi connectivity index (χ1n) is 12.5. The first-order chi connectivity index (χ1) is 18.3. The van der Waals surface area contributed by atoms with Gasteiger partial charge in [0, 0.05) is 23.2 Å². The van der Waals surface area contributed by atoms with Crippen LogP contribution in [0.25, 0.3) is 0 Å². The number of methoxy groups -OCH3 is 1. The Hall–Kier alpha value is -3.78. The Morgan fingerprint density at radius 1 is 1.13 bits per heavy atom. The van der Waals surface area contributed by atoms with E-state index >= 15 is 0 Å². The summed E-state index contributed by atoms with van der Waals surface area (Å²) in [5.74, 6) is -1.13. The summed E-state index contributed by atoms with van der Waals surface area (Å²) in [5.41, 5.74) is 2.29. The van der Waals surface area contributed by atoms with Crippen molar-refractivity contribution in [3.05, 3.63) is 93.1 Å². The number of fused-ring (bicyclic) bond motifs is 1. The number of nitroso groups, excluding NO2 is 1. The van der Waals surface area contributed by atoms with Crippen molar-refractivity contribution in [2.24, 2.45) is 10.6 Å². The van der Waals surface area contributed by atoms with Gasteiger partial charge in [0.05, 0.1) is 29.4 Å². The Bertz CT molecular complexity index is 1410. The molecular weight excluding hydrogens is 509 g/mol. The zero-order chi connectivity index (χ0) is 26.9. The van der Waals surface area contributed by atoms with E-state index in [4.69, 9.17) is 16.3 Å². The number of nitrogens with zero attached hydrogens (tertiary/aromatic N) is 2.